The normalized spacial score (nSPS) is 18.2. The van der Waals surface area contributed by atoms with Crippen molar-refractivity contribution in [2.45, 2.75) is 39.2 Å². The molecule has 144 valence electrons. The summed E-state index contributed by atoms with van der Waals surface area (Å²) in [6.45, 7) is 6.63. The van der Waals surface area contributed by atoms with Crippen LogP contribution in [-0.2, 0) is 4.79 Å². The molecule has 1 heterocycles. The van der Waals surface area contributed by atoms with Gasteiger partial charge in [0.25, 0.3) is 5.91 Å². The molecule has 1 fully saturated rings. The molecule has 1 aromatic rings. The summed E-state index contributed by atoms with van der Waals surface area (Å²) in [5, 5.41) is 9.23. The Labute approximate surface area is 156 Å². The van der Waals surface area contributed by atoms with Gasteiger partial charge in [0.05, 0.1) is 7.11 Å². The first-order valence-electron chi connectivity index (χ1n) is 9.44. The topological polar surface area (TPSA) is 79.5 Å². The van der Waals surface area contributed by atoms with E-state index < -0.39 is 6.04 Å². The van der Waals surface area contributed by atoms with Crippen LogP contribution in [0.5, 0.6) is 5.75 Å². The number of rotatable bonds is 8. The van der Waals surface area contributed by atoms with E-state index in [1.54, 1.807) is 31.4 Å². The highest BCUT2D eigenvalue weighted by molar-refractivity contribution is 5.97. The van der Waals surface area contributed by atoms with Gasteiger partial charge in [-0.25, -0.2) is 0 Å². The molecule has 1 aliphatic heterocycles. The Balaban J connectivity index is 1.85. The first kappa shape index (κ1) is 20.2. The molecule has 0 bridgehead atoms. The predicted octanol–water partition coefficient (Wildman–Crippen LogP) is 1.96. The summed E-state index contributed by atoms with van der Waals surface area (Å²) in [6.07, 6.45) is 3.38. The van der Waals surface area contributed by atoms with E-state index in [0.717, 1.165) is 19.5 Å². The van der Waals surface area contributed by atoms with Crippen LogP contribution in [-0.4, -0.2) is 44.6 Å². The number of piperidine rings is 1. The average molecular weight is 361 g/mol. The predicted molar refractivity (Wildman–Crippen MR) is 102 cm³/mol. The van der Waals surface area contributed by atoms with Crippen molar-refractivity contribution in [3.05, 3.63) is 29.8 Å². The van der Waals surface area contributed by atoms with Crippen LogP contribution in [0.4, 0.5) is 0 Å². The van der Waals surface area contributed by atoms with Gasteiger partial charge in [-0.2, -0.15) is 0 Å². The SMILES string of the molecule is COc1ccc(C(=O)NC(C(=O)NCCC2CCCNC2)C(C)C)cc1. The Morgan fingerprint density at radius 2 is 2.00 bits per heavy atom. The monoisotopic (exact) mass is 361 g/mol. The van der Waals surface area contributed by atoms with E-state index in [1.807, 2.05) is 13.8 Å². The van der Waals surface area contributed by atoms with Gasteiger partial charge in [0.15, 0.2) is 0 Å². The maximum Gasteiger partial charge on any atom is 0.251 e. The quantitative estimate of drug-likeness (QED) is 0.661. The van der Waals surface area contributed by atoms with Crippen molar-refractivity contribution >= 4 is 11.8 Å². The van der Waals surface area contributed by atoms with Gasteiger partial charge in [-0.3, -0.25) is 9.59 Å². The minimum Gasteiger partial charge on any atom is -0.497 e. The number of benzene rings is 1. The zero-order valence-electron chi connectivity index (χ0n) is 16.0. The summed E-state index contributed by atoms with van der Waals surface area (Å²) in [6, 6.07) is 6.31. The smallest absolute Gasteiger partial charge is 0.251 e. The maximum atomic E-state index is 12.5. The molecule has 0 aliphatic carbocycles. The van der Waals surface area contributed by atoms with Crippen molar-refractivity contribution in [2.24, 2.45) is 11.8 Å². The number of methoxy groups -OCH3 is 1. The summed E-state index contributed by atoms with van der Waals surface area (Å²) in [5.74, 6) is 0.949. The molecular formula is C20H31N3O3. The lowest BCUT2D eigenvalue weighted by molar-refractivity contribution is -0.124. The minimum atomic E-state index is -0.547. The Kier molecular flexibility index (Phi) is 7.91. The van der Waals surface area contributed by atoms with Gasteiger partial charge in [-0.15, -0.1) is 0 Å². The molecule has 1 aliphatic rings. The molecule has 2 unspecified atom stereocenters. The number of amides is 2. The van der Waals surface area contributed by atoms with Crippen LogP contribution in [0.3, 0.4) is 0 Å². The van der Waals surface area contributed by atoms with Gasteiger partial charge < -0.3 is 20.7 Å². The second-order valence-electron chi connectivity index (χ2n) is 7.22. The molecule has 6 heteroatoms. The third-order valence-electron chi connectivity index (χ3n) is 4.84. The summed E-state index contributed by atoms with van der Waals surface area (Å²) in [7, 11) is 1.58. The molecule has 26 heavy (non-hydrogen) atoms. The summed E-state index contributed by atoms with van der Waals surface area (Å²) < 4.78 is 5.10. The van der Waals surface area contributed by atoms with Crippen molar-refractivity contribution in [3.63, 3.8) is 0 Å². The van der Waals surface area contributed by atoms with Gasteiger partial charge in [0.2, 0.25) is 5.91 Å². The molecule has 2 atom stereocenters. The maximum absolute atomic E-state index is 12.5. The van der Waals surface area contributed by atoms with Gasteiger partial charge in [-0.05, 0) is 68.5 Å². The van der Waals surface area contributed by atoms with Crippen molar-refractivity contribution in [1.29, 1.82) is 0 Å². The van der Waals surface area contributed by atoms with Gasteiger partial charge in [0.1, 0.15) is 11.8 Å². The molecule has 0 radical (unpaired) electrons. The number of carbonyl (C=O) groups excluding carboxylic acids is 2. The zero-order chi connectivity index (χ0) is 18.9. The molecule has 1 aromatic carbocycles. The highest BCUT2D eigenvalue weighted by Gasteiger charge is 2.24. The zero-order valence-corrected chi connectivity index (χ0v) is 16.0. The second-order valence-corrected chi connectivity index (χ2v) is 7.22. The first-order chi connectivity index (χ1) is 12.5. The van der Waals surface area contributed by atoms with Gasteiger partial charge in [0, 0.05) is 12.1 Å². The minimum absolute atomic E-state index is 0.00791. The Morgan fingerprint density at radius 3 is 2.58 bits per heavy atom. The van der Waals surface area contributed by atoms with Crippen molar-refractivity contribution < 1.29 is 14.3 Å². The standard InChI is InChI=1S/C20H31N3O3/c1-14(2)18(20(25)22-12-10-15-5-4-11-21-13-15)23-19(24)16-6-8-17(26-3)9-7-16/h6-9,14-15,18,21H,4-5,10-13H2,1-3H3,(H,22,25)(H,23,24). The van der Waals surface area contributed by atoms with Crippen LogP contribution in [0.25, 0.3) is 0 Å². The highest BCUT2D eigenvalue weighted by atomic mass is 16.5. The molecule has 3 N–H and O–H groups in total. The van der Waals surface area contributed by atoms with E-state index in [0.29, 0.717) is 23.8 Å². The van der Waals surface area contributed by atoms with E-state index in [2.05, 4.69) is 16.0 Å². The van der Waals surface area contributed by atoms with Crippen molar-refractivity contribution in [2.75, 3.05) is 26.7 Å². The van der Waals surface area contributed by atoms with Crippen LogP contribution in [0.15, 0.2) is 24.3 Å². The number of hydrogen-bond donors (Lipinski definition) is 3. The van der Waals surface area contributed by atoms with Crippen LogP contribution >= 0.6 is 0 Å². The lowest BCUT2D eigenvalue weighted by atomic mass is 9.96. The van der Waals surface area contributed by atoms with Crippen LogP contribution in [0.1, 0.15) is 43.5 Å². The molecule has 0 spiro atoms. The average Bonchev–Trinajstić information content (AvgIpc) is 2.66. The van der Waals surface area contributed by atoms with E-state index in [9.17, 15) is 9.59 Å². The van der Waals surface area contributed by atoms with Gasteiger partial charge >= 0.3 is 0 Å². The lowest BCUT2D eigenvalue weighted by Gasteiger charge is -2.24. The molecule has 1 saturated heterocycles. The fourth-order valence-electron chi connectivity index (χ4n) is 3.18. The third kappa shape index (κ3) is 6.02. The van der Waals surface area contributed by atoms with E-state index in [-0.39, 0.29) is 17.7 Å². The van der Waals surface area contributed by atoms with E-state index >= 15 is 0 Å². The Morgan fingerprint density at radius 1 is 1.27 bits per heavy atom. The van der Waals surface area contributed by atoms with Crippen LogP contribution in [0.2, 0.25) is 0 Å². The third-order valence-corrected chi connectivity index (χ3v) is 4.84. The number of hydrogen-bond acceptors (Lipinski definition) is 4. The number of ether oxygens (including phenoxy) is 1. The van der Waals surface area contributed by atoms with Crippen molar-refractivity contribution in [3.8, 4) is 5.75 Å². The number of carbonyl (C=O) groups is 2. The molecular weight excluding hydrogens is 330 g/mol. The highest BCUT2D eigenvalue weighted by Crippen LogP contribution is 2.14. The molecule has 0 aromatic heterocycles. The molecule has 2 amide bonds. The molecule has 0 saturated carbocycles. The van der Waals surface area contributed by atoms with Gasteiger partial charge in [-0.1, -0.05) is 13.8 Å². The Bertz CT molecular complexity index is 580. The van der Waals surface area contributed by atoms with E-state index in [4.69, 9.17) is 4.74 Å². The fraction of sp³-hybridized carbons (Fsp3) is 0.600. The summed E-state index contributed by atoms with van der Waals surface area (Å²) >= 11 is 0. The Hall–Kier alpha value is -2.08. The van der Waals surface area contributed by atoms with Crippen LogP contribution < -0.4 is 20.7 Å². The summed E-state index contributed by atoms with van der Waals surface area (Å²) in [4.78, 5) is 25.0. The largest absolute Gasteiger partial charge is 0.497 e. The number of nitrogens with one attached hydrogen (secondary N) is 3. The first-order valence-corrected chi connectivity index (χ1v) is 9.44. The van der Waals surface area contributed by atoms with Crippen molar-refractivity contribution in [1.82, 2.24) is 16.0 Å². The van der Waals surface area contributed by atoms with Crippen LogP contribution in [0, 0.1) is 11.8 Å². The second kappa shape index (κ2) is 10.2. The molecule has 6 nitrogen and oxygen atoms in total. The van der Waals surface area contributed by atoms with E-state index in [1.165, 1.54) is 12.8 Å². The summed E-state index contributed by atoms with van der Waals surface area (Å²) in [5.41, 5.74) is 0.512. The lowest BCUT2D eigenvalue weighted by Crippen LogP contribution is -2.50. The fourth-order valence-corrected chi connectivity index (χ4v) is 3.18. The molecule has 2 rings (SSSR count).